The van der Waals surface area contributed by atoms with Gasteiger partial charge < -0.3 is 10.5 Å². The number of hydrogen-bond donors (Lipinski definition) is 1. The van der Waals surface area contributed by atoms with Crippen LogP contribution in [0, 0.1) is 5.92 Å². The van der Waals surface area contributed by atoms with Gasteiger partial charge in [-0.25, -0.2) is 12.7 Å². The molecule has 0 aromatic heterocycles. The number of rotatable bonds is 8. The van der Waals surface area contributed by atoms with Gasteiger partial charge in [-0.1, -0.05) is 13.8 Å². The molecule has 2 N–H and O–H groups in total. The van der Waals surface area contributed by atoms with Gasteiger partial charge in [0.1, 0.15) is 5.75 Å². The Morgan fingerprint density at radius 2 is 1.96 bits per heavy atom. The molecule has 1 unspecified atom stereocenters. The summed E-state index contributed by atoms with van der Waals surface area (Å²) in [6, 6.07) is 4.78. The van der Waals surface area contributed by atoms with Gasteiger partial charge in [0.05, 0.1) is 16.0 Å². The predicted octanol–water partition coefficient (Wildman–Crippen LogP) is 3.26. The quantitative estimate of drug-likeness (QED) is 0.688. The van der Waals surface area contributed by atoms with Crippen LogP contribution < -0.4 is 10.5 Å². The van der Waals surface area contributed by atoms with Gasteiger partial charge in [0, 0.05) is 19.6 Å². The van der Waals surface area contributed by atoms with E-state index in [-0.39, 0.29) is 23.3 Å². The van der Waals surface area contributed by atoms with Crippen molar-refractivity contribution in [3.05, 3.63) is 22.7 Å². The second kappa shape index (κ2) is 9.84. The van der Waals surface area contributed by atoms with Crippen LogP contribution in [0.15, 0.2) is 27.6 Å². The number of nitrogens with zero attached hydrogens (tertiary/aromatic N) is 1. The third-order valence-electron chi connectivity index (χ3n) is 3.54. The molecule has 0 saturated heterocycles. The Bertz CT molecular complexity index is 596. The first kappa shape index (κ1) is 22.7. The molecule has 5 nitrogen and oxygen atoms in total. The van der Waals surface area contributed by atoms with Crippen molar-refractivity contribution in [2.45, 2.75) is 38.1 Å². The highest BCUT2D eigenvalue weighted by Gasteiger charge is 2.22. The van der Waals surface area contributed by atoms with Crippen LogP contribution in [0.3, 0.4) is 0 Å². The Hall–Kier alpha value is -0.340. The predicted molar refractivity (Wildman–Crippen MR) is 99.8 cm³/mol. The van der Waals surface area contributed by atoms with Gasteiger partial charge >= 0.3 is 0 Å². The molecule has 0 fully saturated rings. The Balaban J connectivity index is 0.00000484. The van der Waals surface area contributed by atoms with Gasteiger partial charge in [0.25, 0.3) is 0 Å². The normalized spacial score (nSPS) is 13.0. The molecule has 0 spiro atoms. The van der Waals surface area contributed by atoms with E-state index >= 15 is 0 Å². The largest absolute Gasteiger partial charge is 0.493 e. The highest BCUT2D eigenvalue weighted by molar-refractivity contribution is 9.10. The zero-order valence-corrected chi connectivity index (χ0v) is 17.2. The molecule has 134 valence electrons. The fourth-order valence-corrected chi connectivity index (χ4v) is 3.74. The van der Waals surface area contributed by atoms with Crippen LogP contribution in [-0.2, 0) is 10.0 Å². The fraction of sp³-hybridized carbons (Fsp3) is 0.600. The molecular weight excluding hydrogens is 404 g/mol. The molecule has 0 bridgehead atoms. The zero-order chi connectivity index (χ0) is 16.9. The standard InChI is InChI=1S/C15H25BrN2O3S.ClH/c1-5-21-15-7-6-12(10-13(15)16)22(19,20)18(4)9-8-14(17)11(2)3;/h6-7,10-11,14H,5,8-9,17H2,1-4H3;1H. The third kappa shape index (κ3) is 6.23. The second-order valence-corrected chi connectivity index (χ2v) is 8.45. The number of benzene rings is 1. The van der Waals surface area contributed by atoms with E-state index in [1.807, 2.05) is 20.8 Å². The average Bonchev–Trinajstić information content (AvgIpc) is 2.46. The topological polar surface area (TPSA) is 72.6 Å². The van der Waals surface area contributed by atoms with Gasteiger partial charge in [0.2, 0.25) is 10.0 Å². The first-order valence-corrected chi connectivity index (χ1v) is 9.57. The van der Waals surface area contributed by atoms with Crippen molar-refractivity contribution >= 4 is 38.4 Å². The summed E-state index contributed by atoms with van der Waals surface area (Å²) in [5.41, 5.74) is 5.98. The smallest absolute Gasteiger partial charge is 0.242 e. The Kier molecular flexibility index (Phi) is 9.69. The number of sulfonamides is 1. The summed E-state index contributed by atoms with van der Waals surface area (Å²) in [5, 5.41) is 0. The fourth-order valence-electron chi connectivity index (χ4n) is 1.88. The van der Waals surface area contributed by atoms with E-state index in [2.05, 4.69) is 15.9 Å². The molecule has 0 saturated carbocycles. The van der Waals surface area contributed by atoms with Crippen LogP contribution in [0.25, 0.3) is 0 Å². The monoisotopic (exact) mass is 428 g/mol. The molecule has 0 aliphatic rings. The van der Waals surface area contributed by atoms with Crippen LogP contribution >= 0.6 is 28.3 Å². The lowest BCUT2D eigenvalue weighted by atomic mass is 10.0. The maximum atomic E-state index is 12.6. The molecule has 1 rings (SSSR count). The first-order chi connectivity index (χ1) is 10.2. The summed E-state index contributed by atoms with van der Waals surface area (Å²) in [7, 11) is -1.95. The summed E-state index contributed by atoms with van der Waals surface area (Å²) >= 11 is 3.34. The highest BCUT2D eigenvalue weighted by atomic mass is 79.9. The van der Waals surface area contributed by atoms with Gasteiger partial charge in [-0.15, -0.1) is 12.4 Å². The van der Waals surface area contributed by atoms with E-state index < -0.39 is 10.0 Å². The molecule has 1 aromatic rings. The maximum absolute atomic E-state index is 12.6. The summed E-state index contributed by atoms with van der Waals surface area (Å²) in [6.45, 7) is 6.86. The molecule has 0 radical (unpaired) electrons. The van der Waals surface area contributed by atoms with E-state index in [1.165, 1.54) is 4.31 Å². The summed E-state index contributed by atoms with van der Waals surface area (Å²) in [4.78, 5) is 0.239. The van der Waals surface area contributed by atoms with Gasteiger partial charge in [-0.2, -0.15) is 0 Å². The van der Waals surface area contributed by atoms with Crippen molar-refractivity contribution in [1.29, 1.82) is 0 Å². The molecule has 8 heteroatoms. The van der Waals surface area contributed by atoms with Crippen molar-refractivity contribution < 1.29 is 13.2 Å². The van der Waals surface area contributed by atoms with Gasteiger partial charge in [0.15, 0.2) is 0 Å². The van der Waals surface area contributed by atoms with E-state index in [1.54, 1.807) is 25.2 Å². The van der Waals surface area contributed by atoms with Crippen molar-refractivity contribution in [1.82, 2.24) is 4.31 Å². The van der Waals surface area contributed by atoms with Crippen LogP contribution in [0.4, 0.5) is 0 Å². The molecule has 0 heterocycles. The summed E-state index contributed by atoms with van der Waals surface area (Å²) < 4.78 is 32.5. The molecule has 0 amide bonds. The maximum Gasteiger partial charge on any atom is 0.242 e. The first-order valence-electron chi connectivity index (χ1n) is 7.34. The lowest BCUT2D eigenvalue weighted by Crippen LogP contribution is -2.34. The van der Waals surface area contributed by atoms with Crippen molar-refractivity contribution in [3.8, 4) is 5.75 Å². The summed E-state index contributed by atoms with van der Waals surface area (Å²) in [5.74, 6) is 0.960. The molecular formula is C15H26BrClN2O3S. The number of nitrogens with two attached hydrogens (primary N) is 1. The van der Waals surface area contributed by atoms with Crippen LogP contribution in [0.1, 0.15) is 27.2 Å². The van der Waals surface area contributed by atoms with E-state index in [0.29, 0.717) is 35.7 Å². The Labute approximate surface area is 154 Å². The average molecular weight is 430 g/mol. The van der Waals surface area contributed by atoms with Crippen LogP contribution in [-0.4, -0.2) is 39.0 Å². The SMILES string of the molecule is CCOc1ccc(S(=O)(=O)N(C)CCC(N)C(C)C)cc1Br.Cl. The minimum Gasteiger partial charge on any atom is -0.493 e. The van der Waals surface area contributed by atoms with E-state index in [9.17, 15) is 8.42 Å². The highest BCUT2D eigenvalue weighted by Crippen LogP contribution is 2.29. The molecule has 0 aliphatic heterocycles. The molecule has 1 aromatic carbocycles. The molecule has 0 aliphatic carbocycles. The molecule has 1 atom stereocenters. The Morgan fingerprint density at radius 1 is 1.35 bits per heavy atom. The zero-order valence-electron chi connectivity index (χ0n) is 14.0. The number of hydrogen-bond acceptors (Lipinski definition) is 4. The van der Waals surface area contributed by atoms with Crippen molar-refractivity contribution in [3.63, 3.8) is 0 Å². The van der Waals surface area contributed by atoms with Crippen LogP contribution in [0.2, 0.25) is 0 Å². The molecule has 23 heavy (non-hydrogen) atoms. The lowest BCUT2D eigenvalue weighted by Gasteiger charge is -2.21. The minimum absolute atomic E-state index is 0. The Morgan fingerprint density at radius 3 is 2.43 bits per heavy atom. The van der Waals surface area contributed by atoms with E-state index in [0.717, 1.165) is 0 Å². The minimum atomic E-state index is -3.52. The lowest BCUT2D eigenvalue weighted by molar-refractivity contribution is 0.338. The number of ether oxygens (including phenoxy) is 1. The van der Waals surface area contributed by atoms with Crippen LogP contribution in [0.5, 0.6) is 5.75 Å². The second-order valence-electron chi connectivity index (χ2n) is 5.55. The van der Waals surface area contributed by atoms with Gasteiger partial charge in [-0.05, 0) is 53.4 Å². The van der Waals surface area contributed by atoms with E-state index in [4.69, 9.17) is 10.5 Å². The third-order valence-corrected chi connectivity index (χ3v) is 6.02. The van der Waals surface area contributed by atoms with Crippen molar-refractivity contribution in [2.75, 3.05) is 20.2 Å². The van der Waals surface area contributed by atoms with Crippen molar-refractivity contribution in [2.24, 2.45) is 11.7 Å². The van der Waals surface area contributed by atoms with Gasteiger partial charge in [-0.3, -0.25) is 0 Å². The summed E-state index contributed by atoms with van der Waals surface area (Å²) in [6.07, 6.45) is 0.631. The number of halogens is 2.